The van der Waals surface area contributed by atoms with Gasteiger partial charge < -0.3 is 14.4 Å². The molecule has 0 aliphatic carbocycles. The molecule has 0 atom stereocenters. The molecule has 2 aromatic rings. The molecular weight excluding hydrogens is 283 g/mol. The molecule has 0 saturated heterocycles. The number of nitrogens with zero attached hydrogens (tertiary/aromatic N) is 1. The first-order chi connectivity index (χ1) is 9.81. The summed E-state index contributed by atoms with van der Waals surface area (Å²) in [6.07, 6.45) is -4.49. The molecule has 1 heterocycles. The Labute approximate surface area is 120 Å². The Hall–Kier alpha value is -1.95. The topological polar surface area (TPSA) is 36.6 Å². The van der Waals surface area contributed by atoms with Crippen molar-refractivity contribution in [2.45, 2.75) is 26.3 Å². The molecule has 6 heteroatoms. The molecule has 2 rings (SSSR count). The molecule has 114 valence electrons. The monoisotopic (exact) mass is 299 g/mol. The first-order valence-electron chi connectivity index (χ1n) is 6.38. The molecule has 0 aliphatic rings. The largest absolute Gasteiger partial charge is 0.464 e. The van der Waals surface area contributed by atoms with Crippen molar-refractivity contribution in [2.75, 3.05) is 11.9 Å². The lowest BCUT2D eigenvalue weighted by Crippen LogP contribution is -2.18. The van der Waals surface area contributed by atoms with Crippen molar-refractivity contribution in [1.82, 2.24) is 0 Å². The van der Waals surface area contributed by atoms with Crippen molar-refractivity contribution in [1.29, 1.82) is 0 Å². The Kier molecular flexibility index (Phi) is 4.27. The highest BCUT2D eigenvalue weighted by atomic mass is 19.4. The second kappa shape index (κ2) is 5.81. The van der Waals surface area contributed by atoms with Gasteiger partial charge in [0.15, 0.2) is 0 Å². The Bertz CT molecular complexity index is 620. The predicted octanol–water partition coefficient (Wildman–Crippen LogP) is 3.74. The van der Waals surface area contributed by atoms with E-state index in [1.807, 2.05) is 0 Å². The van der Waals surface area contributed by atoms with Crippen LogP contribution in [0.1, 0.15) is 22.6 Å². The van der Waals surface area contributed by atoms with Crippen LogP contribution >= 0.6 is 0 Å². The highest BCUT2D eigenvalue weighted by molar-refractivity contribution is 5.51. The van der Waals surface area contributed by atoms with Crippen molar-refractivity contribution < 1.29 is 22.7 Å². The molecule has 3 nitrogen and oxygen atoms in total. The lowest BCUT2D eigenvalue weighted by Gasteiger charge is -2.21. The van der Waals surface area contributed by atoms with Crippen molar-refractivity contribution in [3.05, 3.63) is 53.0 Å². The number of aliphatic hydroxyl groups is 1. The summed E-state index contributed by atoms with van der Waals surface area (Å²) in [6.45, 7) is 1.53. The molecule has 0 bridgehead atoms. The van der Waals surface area contributed by atoms with Crippen LogP contribution in [0.25, 0.3) is 0 Å². The molecule has 21 heavy (non-hydrogen) atoms. The zero-order chi connectivity index (χ0) is 15.6. The van der Waals surface area contributed by atoms with Gasteiger partial charge >= 0.3 is 6.18 Å². The fourth-order valence-electron chi connectivity index (χ4n) is 2.10. The van der Waals surface area contributed by atoms with Crippen molar-refractivity contribution in [3.8, 4) is 0 Å². The van der Waals surface area contributed by atoms with Gasteiger partial charge in [-0.1, -0.05) is 6.07 Å². The van der Waals surface area contributed by atoms with Crippen LogP contribution in [-0.4, -0.2) is 12.2 Å². The summed E-state index contributed by atoms with van der Waals surface area (Å²) >= 11 is 0. The third kappa shape index (κ3) is 3.58. The molecular formula is C15H16F3NO2. The fraction of sp³-hybridized carbons (Fsp3) is 0.333. The maximum atomic E-state index is 13.0. The van der Waals surface area contributed by atoms with Crippen LogP contribution < -0.4 is 4.90 Å². The summed E-state index contributed by atoms with van der Waals surface area (Å²) in [5.41, 5.74) is -0.535. The zero-order valence-electron chi connectivity index (χ0n) is 11.7. The van der Waals surface area contributed by atoms with Gasteiger partial charge in [0.05, 0.1) is 18.7 Å². The van der Waals surface area contributed by atoms with Crippen LogP contribution in [0.5, 0.6) is 0 Å². The number of benzene rings is 1. The van der Waals surface area contributed by atoms with E-state index in [4.69, 9.17) is 9.52 Å². The summed E-state index contributed by atoms with van der Waals surface area (Å²) in [7, 11) is 1.69. The van der Waals surface area contributed by atoms with Crippen LogP contribution in [0.4, 0.5) is 18.9 Å². The molecule has 0 fully saturated rings. The minimum atomic E-state index is -4.49. The zero-order valence-corrected chi connectivity index (χ0v) is 11.7. The number of hydrogen-bond donors (Lipinski definition) is 1. The Morgan fingerprint density at radius 1 is 1.19 bits per heavy atom. The van der Waals surface area contributed by atoms with Crippen molar-refractivity contribution in [2.24, 2.45) is 0 Å². The first-order valence-corrected chi connectivity index (χ1v) is 6.38. The number of hydrogen-bond acceptors (Lipinski definition) is 3. The van der Waals surface area contributed by atoms with E-state index in [-0.39, 0.29) is 5.56 Å². The summed E-state index contributed by atoms with van der Waals surface area (Å²) in [4.78, 5) is 1.66. The molecule has 0 aliphatic heterocycles. The Morgan fingerprint density at radius 3 is 2.43 bits per heavy atom. The van der Waals surface area contributed by atoms with Gasteiger partial charge in [0.1, 0.15) is 11.5 Å². The van der Waals surface area contributed by atoms with E-state index >= 15 is 0 Å². The summed E-state index contributed by atoms with van der Waals surface area (Å²) in [5, 5.41) is 9.02. The van der Waals surface area contributed by atoms with Gasteiger partial charge in [0.25, 0.3) is 0 Å². The van der Waals surface area contributed by atoms with E-state index in [1.54, 1.807) is 37.1 Å². The first kappa shape index (κ1) is 15.4. The van der Waals surface area contributed by atoms with Crippen LogP contribution in [0, 0.1) is 6.92 Å². The number of alkyl halides is 3. The fourth-order valence-corrected chi connectivity index (χ4v) is 2.10. The number of anilines is 1. The second-order valence-corrected chi connectivity index (χ2v) is 4.87. The molecule has 0 radical (unpaired) electrons. The minimum Gasteiger partial charge on any atom is -0.464 e. The second-order valence-electron chi connectivity index (χ2n) is 4.87. The van der Waals surface area contributed by atoms with Gasteiger partial charge in [-0.25, -0.2) is 0 Å². The van der Waals surface area contributed by atoms with Gasteiger partial charge in [-0.05, 0) is 36.8 Å². The standard InChI is InChI=1S/C15H16F3NO2/c1-10-3-6-13(21-10)8-19(2)12-5-4-11(9-20)14(7-12)15(16,17)18/h3-7,20H,8-9H2,1-2H3. The number of rotatable bonds is 4. The maximum absolute atomic E-state index is 13.0. The predicted molar refractivity (Wildman–Crippen MR) is 72.9 cm³/mol. The third-order valence-electron chi connectivity index (χ3n) is 3.20. The average Bonchev–Trinajstić information content (AvgIpc) is 2.82. The Balaban J connectivity index is 2.27. The molecule has 1 aromatic heterocycles. The summed E-state index contributed by atoms with van der Waals surface area (Å²) in [6, 6.07) is 7.48. The molecule has 0 amide bonds. The number of aryl methyl sites for hydroxylation is 1. The number of halogens is 3. The number of aliphatic hydroxyl groups excluding tert-OH is 1. The Morgan fingerprint density at radius 2 is 1.90 bits per heavy atom. The third-order valence-corrected chi connectivity index (χ3v) is 3.20. The van der Waals surface area contributed by atoms with Crippen molar-refractivity contribution in [3.63, 3.8) is 0 Å². The lowest BCUT2D eigenvalue weighted by molar-refractivity contribution is -0.138. The van der Waals surface area contributed by atoms with Gasteiger partial charge in [-0.3, -0.25) is 0 Å². The highest BCUT2D eigenvalue weighted by Crippen LogP contribution is 2.34. The lowest BCUT2D eigenvalue weighted by atomic mass is 10.1. The smallest absolute Gasteiger partial charge is 0.416 e. The van der Waals surface area contributed by atoms with E-state index in [2.05, 4.69) is 0 Å². The minimum absolute atomic E-state index is 0.131. The summed E-state index contributed by atoms with van der Waals surface area (Å²) in [5.74, 6) is 1.43. The van der Waals surface area contributed by atoms with E-state index in [1.165, 1.54) is 6.07 Å². The number of furan rings is 1. The van der Waals surface area contributed by atoms with E-state index < -0.39 is 18.3 Å². The molecule has 1 aromatic carbocycles. The van der Waals surface area contributed by atoms with Gasteiger partial charge in [-0.15, -0.1) is 0 Å². The van der Waals surface area contributed by atoms with E-state index in [0.29, 0.717) is 18.0 Å². The maximum Gasteiger partial charge on any atom is 0.416 e. The van der Waals surface area contributed by atoms with Crippen LogP contribution in [-0.2, 0) is 19.3 Å². The molecule has 0 saturated carbocycles. The molecule has 0 unspecified atom stereocenters. The summed E-state index contributed by atoms with van der Waals surface area (Å²) < 4.78 is 44.3. The van der Waals surface area contributed by atoms with Crippen LogP contribution in [0.2, 0.25) is 0 Å². The van der Waals surface area contributed by atoms with Crippen LogP contribution in [0.3, 0.4) is 0 Å². The van der Waals surface area contributed by atoms with E-state index in [0.717, 1.165) is 11.8 Å². The normalized spacial score (nSPS) is 11.7. The van der Waals surface area contributed by atoms with Gasteiger partial charge in [0, 0.05) is 12.7 Å². The molecule has 1 N–H and O–H groups in total. The average molecular weight is 299 g/mol. The van der Waals surface area contributed by atoms with E-state index in [9.17, 15) is 13.2 Å². The van der Waals surface area contributed by atoms with Crippen molar-refractivity contribution >= 4 is 5.69 Å². The molecule has 0 spiro atoms. The van der Waals surface area contributed by atoms with Crippen LogP contribution in [0.15, 0.2) is 34.7 Å². The van der Waals surface area contributed by atoms with Gasteiger partial charge in [0.2, 0.25) is 0 Å². The highest BCUT2D eigenvalue weighted by Gasteiger charge is 2.33. The van der Waals surface area contributed by atoms with Gasteiger partial charge in [-0.2, -0.15) is 13.2 Å². The quantitative estimate of drug-likeness (QED) is 0.934. The SMILES string of the molecule is Cc1ccc(CN(C)c2ccc(CO)c(C(F)(F)F)c2)o1.